The number of nitrogens with zero attached hydrogens (tertiary/aromatic N) is 1. The van der Waals surface area contributed by atoms with Crippen molar-refractivity contribution in [2.24, 2.45) is 0 Å². The number of H-pyrrole nitrogens is 1. The minimum absolute atomic E-state index is 0.0605. The highest BCUT2D eigenvalue weighted by atomic mass is 32.2. The zero-order valence-electron chi connectivity index (χ0n) is 13.5. The van der Waals surface area contributed by atoms with Gasteiger partial charge >= 0.3 is 0 Å². The van der Waals surface area contributed by atoms with Crippen LogP contribution in [0.2, 0.25) is 0 Å². The molecule has 3 aromatic rings. The lowest BCUT2D eigenvalue weighted by Crippen LogP contribution is -2.29. The van der Waals surface area contributed by atoms with Gasteiger partial charge in [0.2, 0.25) is 5.91 Å². The number of carbonyl (C=O) groups is 1. The smallest absolute Gasteiger partial charge is 0.238 e. The Labute approximate surface area is 145 Å². The van der Waals surface area contributed by atoms with Gasteiger partial charge in [0.05, 0.1) is 11.0 Å². The summed E-state index contributed by atoms with van der Waals surface area (Å²) in [7, 11) is 0. The van der Waals surface area contributed by atoms with Crippen LogP contribution in [0.4, 0.5) is 0 Å². The molecular formula is C19H19N3OS. The van der Waals surface area contributed by atoms with Gasteiger partial charge in [-0.1, -0.05) is 48.2 Å². The fourth-order valence-corrected chi connectivity index (χ4v) is 3.68. The Bertz CT molecular complexity index is 871. The van der Waals surface area contributed by atoms with E-state index < -0.39 is 0 Å². The van der Waals surface area contributed by atoms with E-state index in [9.17, 15) is 4.79 Å². The number of fused-ring (bicyclic) bond motifs is 1. The van der Waals surface area contributed by atoms with E-state index in [4.69, 9.17) is 0 Å². The molecule has 5 heteroatoms. The Morgan fingerprint density at radius 1 is 1.25 bits per heavy atom. The molecule has 1 aromatic heterocycles. The summed E-state index contributed by atoms with van der Waals surface area (Å²) in [6.07, 6.45) is 2.17. The molecule has 1 saturated carbocycles. The number of nitrogens with one attached hydrogen (secondary N) is 2. The maximum Gasteiger partial charge on any atom is 0.238 e. The lowest BCUT2D eigenvalue weighted by molar-refractivity contribution is -0.120. The lowest BCUT2D eigenvalue weighted by atomic mass is 10.1. The topological polar surface area (TPSA) is 57.8 Å². The molecule has 24 heavy (non-hydrogen) atoms. The maximum absolute atomic E-state index is 12.7. The second-order valence-electron chi connectivity index (χ2n) is 6.25. The second-order valence-corrected chi connectivity index (χ2v) is 7.35. The van der Waals surface area contributed by atoms with Crippen molar-refractivity contribution in [1.82, 2.24) is 15.3 Å². The number of imidazole rings is 1. The standard InChI is InChI=1S/C19H19N3OS/c1-12-7-10-15-16(11-12)22-19(21-15)24-17(13-5-3-2-4-6-13)18(23)20-14-8-9-14/h2-7,10-11,14,17H,8-9H2,1H3,(H,20,23)(H,21,22)/t17-/m0/s1. The number of aromatic amines is 1. The molecule has 0 bridgehead atoms. The molecule has 1 atom stereocenters. The molecule has 0 spiro atoms. The Kier molecular flexibility index (Phi) is 4.02. The monoisotopic (exact) mass is 337 g/mol. The number of amides is 1. The van der Waals surface area contributed by atoms with Gasteiger partial charge in [0.15, 0.2) is 5.16 Å². The lowest BCUT2D eigenvalue weighted by Gasteiger charge is -2.15. The maximum atomic E-state index is 12.7. The summed E-state index contributed by atoms with van der Waals surface area (Å²) < 4.78 is 0. The molecule has 0 aliphatic heterocycles. The van der Waals surface area contributed by atoms with Gasteiger partial charge < -0.3 is 10.3 Å². The molecule has 4 rings (SSSR count). The van der Waals surface area contributed by atoms with Gasteiger partial charge in [-0.05, 0) is 43.0 Å². The van der Waals surface area contributed by atoms with Crippen molar-refractivity contribution in [3.63, 3.8) is 0 Å². The Morgan fingerprint density at radius 3 is 2.79 bits per heavy atom. The van der Waals surface area contributed by atoms with Crippen LogP contribution in [0.3, 0.4) is 0 Å². The summed E-state index contributed by atoms with van der Waals surface area (Å²) in [4.78, 5) is 20.7. The van der Waals surface area contributed by atoms with E-state index in [1.165, 1.54) is 17.3 Å². The quantitative estimate of drug-likeness (QED) is 0.692. The first-order chi connectivity index (χ1) is 11.7. The molecule has 122 valence electrons. The summed E-state index contributed by atoms with van der Waals surface area (Å²) in [5.41, 5.74) is 4.12. The van der Waals surface area contributed by atoms with Crippen LogP contribution in [0.25, 0.3) is 11.0 Å². The van der Waals surface area contributed by atoms with E-state index in [0.29, 0.717) is 6.04 Å². The summed E-state index contributed by atoms with van der Waals surface area (Å²) >= 11 is 1.47. The van der Waals surface area contributed by atoms with Crippen molar-refractivity contribution in [1.29, 1.82) is 0 Å². The number of thioether (sulfide) groups is 1. The second kappa shape index (κ2) is 6.32. The first-order valence-electron chi connectivity index (χ1n) is 8.17. The summed E-state index contributed by atoms with van der Waals surface area (Å²) in [6.45, 7) is 2.06. The van der Waals surface area contributed by atoms with Crippen LogP contribution in [-0.4, -0.2) is 21.9 Å². The van der Waals surface area contributed by atoms with Crippen LogP contribution in [0, 0.1) is 6.92 Å². The van der Waals surface area contributed by atoms with Gasteiger partial charge in [-0.2, -0.15) is 0 Å². The van der Waals surface area contributed by atoms with Crippen molar-refractivity contribution in [2.75, 3.05) is 0 Å². The van der Waals surface area contributed by atoms with Gasteiger partial charge in [-0.25, -0.2) is 4.98 Å². The Hall–Kier alpha value is -2.27. The Balaban J connectivity index is 1.63. The zero-order chi connectivity index (χ0) is 16.5. The van der Waals surface area contributed by atoms with Crippen molar-refractivity contribution < 1.29 is 4.79 Å². The molecule has 1 aliphatic carbocycles. The van der Waals surface area contributed by atoms with Gasteiger partial charge in [-0.15, -0.1) is 0 Å². The first kappa shape index (κ1) is 15.3. The summed E-state index contributed by atoms with van der Waals surface area (Å²) in [5.74, 6) is 0.0605. The van der Waals surface area contributed by atoms with Gasteiger partial charge in [0.25, 0.3) is 0 Å². The highest BCUT2D eigenvalue weighted by Crippen LogP contribution is 2.35. The number of hydrogen-bond acceptors (Lipinski definition) is 3. The molecule has 0 radical (unpaired) electrons. The highest BCUT2D eigenvalue weighted by Gasteiger charge is 2.29. The van der Waals surface area contributed by atoms with E-state index in [2.05, 4.69) is 28.3 Å². The van der Waals surface area contributed by atoms with Crippen LogP contribution in [0.5, 0.6) is 0 Å². The number of rotatable bonds is 5. The zero-order valence-corrected chi connectivity index (χ0v) is 14.3. The minimum Gasteiger partial charge on any atom is -0.352 e. The van der Waals surface area contributed by atoms with Gasteiger partial charge in [-0.3, -0.25) is 4.79 Å². The number of carbonyl (C=O) groups excluding carboxylic acids is 1. The number of aromatic nitrogens is 2. The molecule has 2 aromatic carbocycles. The predicted octanol–water partition coefficient (Wildman–Crippen LogP) is 3.98. The number of benzene rings is 2. The minimum atomic E-state index is -0.298. The molecule has 1 aliphatic rings. The highest BCUT2D eigenvalue weighted by molar-refractivity contribution is 8.00. The van der Waals surface area contributed by atoms with Crippen LogP contribution < -0.4 is 5.32 Å². The fourth-order valence-electron chi connectivity index (χ4n) is 2.67. The largest absolute Gasteiger partial charge is 0.352 e. The third kappa shape index (κ3) is 3.31. The molecule has 0 saturated heterocycles. The van der Waals surface area contributed by atoms with E-state index >= 15 is 0 Å². The van der Waals surface area contributed by atoms with Crippen molar-refractivity contribution >= 4 is 28.7 Å². The summed E-state index contributed by atoms with van der Waals surface area (Å²) in [6, 6.07) is 16.4. The van der Waals surface area contributed by atoms with E-state index in [1.807, 2.05) is 42.5 Å². The first-order valence-corrected chi connectivity index (χ1v) is 9.05. The fraction of sp³-hybridized carbons (Fsp3) is 0.263. The van der Waals surface area contributed by atoms with Crippen molar-refractivity contribution in [3.05, 3.63) is 59.7 Å². The molecular weight excluding hydrogens is 318 g/mol. The van der Waals surface area contributed by atoms with E-state index in [-0.39, 0.29) is 11.2 Å². The van der Waals surface area contributed by atoms with Gasteiger partial charge in [0, 0.05) is 6.04 Å². The third-order valence-electron chi connectivity index (χ3n) is 4.11. The molecule has 1 amide bonds. The average molecular weight is 337 g/mol. The van der Waals surface area contributed by atoms with Crippen molar-refractivity contribution in [3.8, 4) is 0 Å². The number of hydrogen-bond donors (Lipinski definition) is 2. The van der Waals surface area contributed by atoms with Crippen LogP contribution in [-0.2, 0) is 4.79 Å². The molecule has 2 N–H and O–H groups in total. The molecule has 1 fully saturated rings. The van der Waals surface area contributed by atoms with Crippen LogP contribution in [0.15, 0.2) is 53.7 Å². The molecule has 0 unspecified atom stereocenters. The predicted molar refractivity (Wildman–Crippen MR) is 97.0 cm³/mol. The third-order valence-corrected chi connectivity index (χ3v) is 5.25. The van der Waals surface area contributed by atoms with E-state index in [1.54, 1.807) is 0 Å². The average Bonchev–Trinajstić information content (AvgIpc) is 3.30. The van der Waals surface area contributed by atoms with Crippen LogP contribution >= 0.6 is 11.8 Å². The molecule has 1 heterocycles. The SMILES string of the molecule is Cc1ccc2nc(S[C@H](C(=O)NC3CC3)c3ccccc3)[nH]c2c1. The Morgan fingerprint density at radius 2 is 2.04 bits per heavy atom. The molecule has 4 nitrogen and oxygen atoms in total. The van der Waals surface area contributed by atoms with Crippen molar-refractivity contribution in [2.45, 2.75) is 36.2 Å². The van der Waals surface area contributed by atoms with Gasteiger partial charge in [0.1, 0.15) is 5.25 Å². The van der Waals surface area contributed by atoms with Crippen LogP contribution in [0.1, 0.15) is 29.2 Å². The summed E-state index contributed by atoms with van der Waals surface area (Å²) in [5, 5.41) is 3.59. The van der Waals surface area contributed by atoms with E-state index in [0.717, 1.165) is 34.6 Å². The normalized spacial score (nSPS) is 15.4. The number of aryl methyl sites for hydroxylation is 1.